The van der Waals surface area contributed by atoms with Gasteiger partial charge in [0.05, 0.1) is 13.2 Å². The summed E-state index contributed by atoms with van der Waals surface area (Å²) in [7, 11) is 0. The van der Waals surface area contributed by atoms with Gasteiger partial charge in [-0.2, -0.15) is 0 Å². The number of allylic oxidation sites excluding steroid dienone is 2. The zero-order chi connectivity index (χ0) is 16.4. The molecule has 24 heavy (non-hydrogen) atoms. The molecule has 1 saturated heterocycles. The number of ether oxygens (including phenoxy) is 2. The molecule has 1 aromatic heterocycles. The van der Waals surface area contributed by atoms with Crippen molar-refractivity contribution in [3.63, 3.8) is 0 Å². The third-order valence-corrected chi connectivity index (χ3v) is 5.34. The summed E-state index contributed by atoms with van der Waals surface area (Å²) >= 11 is 0. The highest BCUT2D eigenvalue weighted by Crippen LogP contribution is 2.43. The molecular formula is C19H24N2O3. The van der Waals surface area contributed by atoms with Crippen molar-refractivity contribution >= 4 is 5.91 Å². The molecule has 2 bridgehead atoms. The minimum atomic E-state index is 0.153. The number of nitrogens with one attached hydrogen (secondary N) is 1. The number of pyridine rings is 1. The van der Waals surface area contributed by atoms with Crippen LogP contribution in [0.5, 0.6) is 5.88 Å². The maximum Gasteiger partial charge on any atom is 0.223 e. The van der Waals surface area contributed by atoms with Crippen molar-refractivity contribution in [1.29, 1.82) is 0 Å². The number of hydrogen-bond donors (Lipinski definition) is 1. The van der Waals surface area contributed by atoms with Gasteiger partial charge in [0.2, 0.25) is 11.8 Å². The maximum absolute atomic E-state index is 12.4. The Hall–Kier alpha value is -1.88. The molecule has 3 unspecified atom stereocenters. The lowest BCUT2D eigenvalue weighted by Crippen LogP contribution is -2.32. The number of carbonyl (C=O) groups is 1. The largest absolute Gasteiger partial charge is 0.474 e. The van der Waals surface area contributed by atoms with Crippen LogP contribution in [0, 0.1) is 17.8 Å². The van der Waals surface area contributed by atoms with Crippen molar-refractivity contribution in [2.24, 2.45) is 17.8 Å². The number of nitrogens with zero attached hydrogens (tertiary/aromatic N) is 1. The molecule has 2 aliphatic carbocycles. The number of carbonyl (C=O) groups excluding carboxylic acids is 1. The van der Waals surface area contributed by atoms with E-state index in [1.807, 2.05) is 12.1 Å². The minimum Gasteiger partial charge on any atom is -0.474 e. The summed E-state index contributed by atoms with van der Waals surface area (Å²) in [6.07, 6.45) is 10.4. The van der Waals surface area contributed by atoms with E-state index in [-0.39, 0.29) is 17.9 Å². The summed E-state index contributed by atoms with van der Waals surface area (Å²) in [6, 6.07) is 3.86. The number of hydrogen-bond acceptors (Lipinski definition) is 4. The molecular weight excluding hydrogens is 304 g/mol. The Morgan fingerprint density at radius 2 is 2.17 bits per heavy atom. The zero-order valence-electron chi connectivity index (χ0n) is 13.8. The number of fused-ring (bicyclic) bond motifs is 2. The molecule has 4 rings (SSSR count). The zero-order valence-corrected chi connectivity index (χ0v) is 13.8. The van der Waals surface area contributed by atoms with Gasteiger partial charge in [-0.1, -0.05) is 12.2 Å². The summed E-state index contributed by atoms with van der Waals surface area (Å²) < 4.78 is 11.3. The molecule has 1 aromatic rings. The molecule has 0 radical (unpaired) electrons. The van der Waals surface area contributed by atoms with Crippen molar-refractivity contribution in [2.75, 3.05) is 13.2 Å². The molecule has 2 fully saturated rings. The van der Waals surface area contributed by atoms with Crippen molar-refractivity contribution in [3.8, 4) is 5.88 Å². The van der Waals surface area contributed by atoms with Crippen LogP contribution in [0.25, 0.3) is 0 Å². The molecule has 0 spiro atoms. The van der Waals surface area contributed by atoms with Gasteiger partial charge in [0.15, 0.2) is 0 Å². The second kappa shape index (κ2) is 6.93. The normalized spacial score (nSPS) is 28.9. The quantitative estimate of drug-likeness (QED) is 0.844. The lowest BCUT2D eigenvalue weighted by molar-refractivity contribution is -0.125. The summed E-state index contributed by atoms with van der Waals surface area (Å²) in [5.41, 5.74) is 1.03. The Kier molecular flexibility index (Phi) is 4.52. The van der Waals surface area contributed by atoms with Crippen LogP contribution in [0.3, 0.4) is 0 Å². The highest BCUT2D eigenvalue weighted by molar-refractivity contribution is 5.80. The Balaban J connectivity index is 1.30. The van der Waals surface area contributed by atoms with E-state index >= 15 is 0 Å². The summed E-state index contributed by atoms with van der Waals surface area (Å²) in [5, 5.41) is 3.08. The van der Waals surface area contributed by atoms with E-state index in [0.29, 0.717) is 24.3 Å². The smallest absolute Gasteiger partial charge is 0.223 e. The predicted octanol–water partition coefficient (Wildman–Crippen LogP) is 2.47. The first kappa shape index (κ1) is 15.6. The molecule has 1 N–H and O–H groups in total. The van der Waals surface area contributed by atoms with Crippen LogP contribution >= 0.6 is 0 Å². The molecule has 1 saturated carbocycles. The number of rotatable bonds is 5. The summed E-state index contributed by atoms with van der Waals surface area (Å²) in [5.74, 6) is 2.03. The first-order valence-corrected chi connectivity index (χ1v) is 8.93. The van der Waals surface area contributed by atoms with Crippen LogP contribution in [-0.2, 0) is 16.1 Å². The highest BCUT2D eigenvalue weighted by atomic mass is 16.5. The van der Waals surface area contributed by atoms with Gasteiger partial charge in [-0.3, -0.25) is 4.79 Å². The first-order valence-electron chi connectivity index (χ1n) is 8.93. The Morgan fingerprint density at radius 3 is 2.92 bits per heavy atom. The summed E-state index contributed by atoms with van der Waals surface area (Å²) in [6.45, 7) is 2.03. The summed E-state index contributed by atoms with van der Waals surface area (Å²) in [4.78, 5) is 16.7. The van der Waals surface area contributed by atoms with Crippen molar-refractivity contribution in [3.05, 3.63) is 36.0 Å². The first-order chi connectivity index (χ1) is 11.8. The Bertz CT molecular complexity index is 625. The Labute approximate surface area is 142 Å². The van der Waals surface area contributed by atoms with Gasteiger partial charge in [0, 0.05) is 37.6 Å². The topological polar surface area (TPSA) is 60.5 Å². The molecule has 3 aliphatic rings. The molecule has 128 valence electrons. The molecule has 1 aliphatic heterocycles. The van der Waals surface area contributed by atoms with Crippen LogP contribution in [0.1, 0.15) is 31.2 Å². The monoisotopic (exact) mass is 328 g/mol. The van der Waals surface area contributed by atoms with Gasteiger partial charge >= 0.3 is 0 Å². The Morgan fingerprint density at radius 1 is 1.29 bits per heavy atom. The lowest BCUT2D eigenvalue weighted by Gasteiger charge is -2.23. The van der Waals surface area contributed by atoms with Crippen molar-refractivity contribution in [1.82, 2.24) is 10.3 Å². The number of amides is 1. The lowest BCUT2D eigenvalue weighted by atomic mass is 9.93. The van der Waals surface area contributed by atoms with Gasteiger partial charge in [-0.05, 0) is 36.3 Å². The fourth-order valence-corrected chi connectivity index (χ4v) is 3.99. The predicted molar refractivity (Wildman–Crippen MR) is 89.4 cm³/mol. The fourth-order valence-electron chi connectivity index (χ4n) is 3.99. The van der Waals surface area contributed by atoms with Gasteiger partial charge in [-0.15, -0.1) is 0 Å². The average Bonchev–Trinajstić information content (AvgIpc) is 3.24. The third kappa shape index (κ3) is 3.46. The van der Waals surface area contributed by atoms with Gasteiger partial charge in [0.1, 0.15) is 6.10 Å². The third-order valence-electron chi connectivity index (χ3n) is 5.34. The molecule has 0 aromatic carbocycles. The van der Waals surface area contributed by atoms with Crippen molar-refractivity contribution < 1.29 is 14.3 Å². The average molecular weight is 328 g/mol. The molecule has 5 nitrogen and oxygen atoms in total. The van der Waals surface area contributed by atoms with Crippen LogP contribution in [0.15, 0.2) is 30.5 Å². The van der Waals surface area contributed by atoms with E-state index in [1.54, 1.807) is 6.20 Å². The molecule has 1 amide bonds. The SMILES string of the molecule is O=C(NCc1ccnc(OC2CCOCC2)c1)C1CC2C=CC1C2. The van der Waals surface area contributed by atoms with E-state index in [1.165, 1.54) is 0 Å². The van der Waals surface area contributed by atoms with E-state index in [9.17, 15) is 4.79 Å². The number of aromatic nitrogens is 1. The molecule has 5 heteroatoms. The second-order valence-electron chi connectivity index (χ2n) is 7.04. The van der Waals surface area contributed by atoms with Gasteiger partial charge in [-0.25, -0.2) is 4.98 Å². The van der Waals surface area contributed by atoms with Crippen molar-refractivity contribution in [2.45, 2.75) is 38.3 Å². The maximum atomic E-state index is 12.4. The second-order valence-corrected chi connectivity index (χ2v) is 7.04. The minimum absolute atomic E-state index is 0.153. The molecule has 2 heterocycles. The highest BCUT2D eigenvalue weighted by Gasteiger charge is 2.39. The van der Waals surface area contributed by atoms with Crippen LogP contribution in [0.4, 0.5) is 0 Å². The van der Waals surface area contributed by atoms with E-state index in [0.717, 1.165) is 44.5 Å². The van der Waals surface area contributed by atoms with Gasteiger partial charge < -0.3 is 14.8 Å². The van der Waals surface area contributed by atoms with Crippen LogP contribution in [-0.4, -0.2) is 30.2 Å². The van der Waals surface area contributed by atoms with E-state index in [4.69, 9.17) is 9.47 Å². The van der Waals surface area contributed by atoms with Crippen LogP contribution < -0.4 is 10.1 Å². The van der Waals surface area contributed by atoms with E-state index in [2.05, 4.69) is 22.5 Å². The van der Waals surface area contributed by atoms with E-state index < -0.39 is 0 Å². The van der Waals surface area contributed by atoms with Crippen LogP contribution in [0.2, 0.25) is 0 Å². The molecule has 3 atom stereocenters. The van der Waals surface area contributed by atoms with Gasteiger partial charge in [0.25, 0.3) is 0 Å². The fraction of sp³-hybridized carbons (Fsp3) is 0.579. The standard InChI is InChI=1S/C19H24N2O3/c22-19(17-10-13-1-2-15(17)9-13)21-12-14-3-6-20-18(11-14)24-16-4-7-23-8-5-16/h1-3,6,11,13,15-17H,4-5,7-10,12H2,(H,21,22).